The molecule has 0 aliphatic heterocycles. The minimum atomic E-state index is 0.981. The maximum atomic E-state index is 4.14. The normalized spacial score (nSPS) is 10.2. The molecule has 1 rings (SSSR count). The summed E-state index contributed by atoms with van der Waals surface area (Å²) >= 11 is 0. The second-order valence-corrected chi connectivity index (χ2v) is 2.76. The van der Waals surface area contributed by atoms with E-state index in [9.17, 15) is 0 Å². The monoisotopic (exact) mass is 163 g/mol. The van der Waals surface area contributed by atoms with E-state index in [1.54, 1.807) is 0 Å². The Hall–Kier alpha value is -0.920. The summed E-state index contributed by atoms with van der Waals surface area (Å²) in [5.74, 6) is 0. The highest BCUT2D eigenvalue weighted by Gasteiger charge is 2.05. The molecule has 1 aromatic rings. The molecular weight excluding hydrogens is 148 g/mol. The van der Waals surface area contributed by atoms with E-state index in [0.29, 0.717) is 0 Å². The van der Waals surface area contributed by atoms with Gasteiger partial charge in [0, 0.05) is 11.4 Å². The fourth-order valence-corrected chi connectivity index (χ4v) is 1.44. The molecule has 1 heterocycles. The Morgan fingerprint density at radius 2 is 1.42 bits per heavy atom. The van der Waals surface area contributed by atoms with Crippen molar-refractivity contribution in [2.75, 3.05) is 0 Å². The minimum absolute atomic E-state index is 0.981. The van der Waals surface area contributed by atoms with Crippen LogP contribution in [0.3, 0.4) is 0 Å². The summed E-state index contributed by atoms with van der Waals surface area (Å²) < 4.78 is 0. The average molecular weight is 163 g/mol. The molecule has 2 nitrogen and oxygen atoms in total. The zero-order valence-corrected chi connectivity index (χ0v) is 8.02. The zero-order valence-electron chi connectivity index (χ0n) is 8.02. The van der Waals surface area contributed by atoms with Crippen LogP contribution in [0.25, 0.3) is 0 Å². The largest absolute Gasteiger partial charge is 0.230 e. The molecule has 0 bridgehead atoms. The Morgan fingerprint density at radius 1 is 0.917 bits per heavy atom. The molecular formula is C10H15N2. The molecule has 0 aromatic carbocycles. The van der Waals surface area contributed by atoms with Gasteiger partial charge < -0.3 is 0 Å². The molecule has 0 aliphatic rings. The van der Waals surface area contributed by atoms with E-state index in [-0.39, 0.29) is 0 Å². The van der Waals surface area contributed by atoms with Gasteiger partial charge in [-0.2, -0.15) is 0 Å². The van der Waals surface area contributed by atoms with E-state index < -0.39 is 0 Å². The maximum Gasteiger partial charge on any atom is 0.198 e. The summed E-state index contributed by atoms with van der Waals surface area (Å²) in [7, 11) is 0. The van der Waals surface area contributed by atoms with E-state index in [1.165, 1.54) is 5.56 Å². The van der Waals surface area contributed by atoms with E-state index in [1.807, 2.05) is 0 Å². The Kier molecular flexibility index (Phi) is 3.20. The van der Waals surface area contributed by atoms with Gasteiger partial charge in [-0.15, -0.1) is 0 Å². The lowest BCUT2D eigenvalue weighted by Crippen LogP contribution is -2.03. The first-order valence-corrected chi connectivity index (χ1v) is 4.58. The van der Waals surface area contributed by atoms with Gasteiger partial charge in [-0.3, -0.25) is 0 Å². The molecule has 0 unspecified atom stereocenters. The lowest BCUT2D eigenvalue weighted by molar-refractivity contribution is 0.865. The highest BCUT2D eigenvalue weighted by atomic mass is 14.8. The van der Waals surface area contributed by atoms with Crippen molar-refractivity contribution in [3.63, 3.8) is 0 Å². The first-order chi connectivity index (χ1) is 5.83. The van der Waals surface area contributed by atoms with Gasteiger partial charge in [0.2, 0.25) is 0 Å². The summed E-state index contributed by atoms with van der Waals surface area (Å²) in [5, 5.41) is 0. The Balaban J connectivity index is 3.13. The first kappa shape index (κ1) is 9.17. The molecule has 0 fully saturated rings. The van der Waals surface area contributed by atoms with Gasteiger partial charge in [0.1, 0.15) is 0 Å². The molecule has 12 heavy (non-hydrogen) atoms. The number of nitrogens with zero attached hydrogens (tertiary/aromatic N) is 2. The summed E-state index contributed by atoms with van der Waals surface area (Å²) in [6, 6.07) is 0. The van der Waals surface area contributed by atoms with Crippen LogP contribution in [0.5, 0.6) is 0 Å². The van der Waals surface area contributed by atoms with Crippen LogP contribution in [-0.4, -0.2) is 9.97 Å². The van der Waals surface area contributed by atoms with Crippen molar-refractivity contribution < 1.29 is 0 Å². The third-order valence-electron chi connectivity index (χ3n) is 2.09. The van der Waals surface area contributed by atoms with Crippen LogP contribution in [0.15, 0.2) is 0 Å². The lowest BCUT2D eigenvalue weighted by atomic mass is 10.1. The summed E-state index contributed by atoms with van der Waals surface area (Å²) in [5.41, 5.74) is 3.63. The SMILES string of the molecule is CCc1n[c]nc(CC)c1CC. The lowest BCUT2D eigenvalue weighted by Gasteiger charge is -2.07. The summed E-state index contributed by atoms with van der Waals surface area (Å²) in [6.45, 7) is 6.39. The fraction of sp³-hybridized carbons (Fsp3) is 0.600. The molecule has 0 saturated heterocycles. The predicted octanol–water partition coefficient (Wildman–Crippen LogP) is 1.96. The highest BCUT2D eigenvalue weighted by Crippen LogP contribution is 2.11. The van der Waals surface area contributed by atoms with Crippen LogP contribution in [-0.2, 0) is 19.3 Å². The predicted molar refractivity (Wildman–Crippen MR) is 49.0 cm³/mol. The number of hydrogen-bond acceptors (Lipinski definition) is 2. The van der Waals surface area contributed by atoms with Gasteiger partial charge in [-0.05, 0) is 24.8 Å². The van der Waals surface area contributed by atoms with E-state index in [4.69, 9.17) is 0 Å². The van der Waals surface area contributed by atoms with Crippen molar-refractivity contribution >= 4 is 0 Å². The topological polar surface area (TPSA) is 25.8 Å². The van der Waals surface area contributed by atoms with E-state index >= 15 is 0 Å². The van der Waals surface area contributed by atoms with Crippen molar-refractivity contribution in [2.45, 2.75) is 40.0 Å². The van der Waals surface area contributed by atoms with Crippen molar-refractivity contribution in [1.82, 2.24) is 9.97 Å². The van der Waals surface area contributed by atoms with Gasteiger partial charge in [0.15, 0.2) is 6.33 Å². The van der Waals surface area contributed by atoms with Crippen molar-refractivity contribution in [1.29, 1.82) is 0 Å². The third kappa shape index (κ3) is 1.63. The van der Waals surface area contributed by atoms with Gasteiger partial charge in [-0.25, -0.2) is 9.97 Å². The van der Waals surface area contributed by atoms with Crippen LogP contribution < -0.4 is 0 Å². The van der Waals surface area contributed by atoms with Crippen LogP contribution in [0.1, 0.15) is 37.7 Å². The van der Waals surface area contributed by atoms with Crippen molar-refractivity contribution in [3.8, 4) is 0 Å². The highest BCUT2D eigenvalue weighted by molar-refractivity contribution is 5.24. The van der Waals surface area contributed by atoms with Gasteiger partial charge in [-0.1, -0.05) is 20.8 Å². The second kappa shape index (κ2) is 4.19. The first-order valence-electron chi connectivity index (χ1n) is 4.58. The Labute approximate surface area is 74.1 Å². The van der Waals surface area contributed by atoms with Crippen molar-refractivity contribution in [3.05, 3.63) is 23.3 Å². The van der Waals surface area contributed by atoms with E-state index in [0.717, 1.165) is 30.7 Å². The zero-order chi connectivity index (χ0) is 8.97. The van der Waals surface area contributed by atoms with Gasteiger partial charge in [0.25, 0.3) is 0 Å². The second-order valence-electron chi connectivity index (χ2n) is 2.76. The van der Waals surface area contributed by atoms with Crippen LogP contribution in [0.4, 0.5) is 0 Å². The molecule has 0 spiro atoms. The van der Waals surface area contributed by atoms with Gasteiger partial charge >= 0.3 is 0 Å². The number of aromatic nitrogens is 2. The minimum Gasteiger partial charge on any atom is -0.230 e. The Morgan fingerprint density at radius 3 is 1.75 bits per heavy atom. The Bertz CT molecular complexity index is 234. The fourth-order valence-electron chi connectivity index (χ4n) is 1.44. The van der Waals surface area contributed by atoms with Crippen LogP contribution in [0.2, 0.25) is 0 Å². The molecule has 1 radical (unpaired) electrons. The molecule has 0 atom stereocenters. The molecule has 65 valence electrons. The van der Waals surface area contributed by atoms with Crippen molar-refractivity contribution in [2.24, 2.45) is 0 Å². The molecule has 0 N–H and O–H groups in total. The summed E-state index contributed by atoms with van der Waals surface area (Å²) in [6.07, 6.45) is 5.70. The number of rotatable bonds is 3. The summed E-state index contributed by atoms with van der Waals surface area (Å²) in [4.78, 5) is 8.28. The third-order valence-corrected chi connectivity index (χ3v) is 2.09. The number of hydrogen-bond donors (Lipinski definition) is 0. The molecule has 1 aromatic heterocycles. The van der Waals surface area contributed by atoms with Crippen LogP contribution >= 0.6 is 0 Å². The van der Waals surface area contributed by atoms with E-state index in [2.05, 4.69) is 37.1 Å². The van der Waals surface area contributed by atoms with Crippen LogP contribution in [0, 0.1) is 6.33 Å². The maximum absolute atomic E-state index is 4.14. The molecule has 0 aliphatic carbocycles. The standard InChI is InChI=1S/C10H15N2/c1-4-8-9(5-2)11-7-12-10(8)6-3/h4-6H2,1-3H3. The molecule has 0 amide bonds. The molecule has 0 saturated carbocycles. The quantitative estimate of drug-likeness (QED) is 0.680. The molecule has 2 heteroatoms. The van der Waals surface area contributed by atoms with Gasteiger partial charge in [0.05, 0.1) is 0 Å². The number of aryl methyl sites for hydroxylation is 2. The average Bonchev–Trinajstić information content (AvgIpc) is 2.16. The smallest absolute Gasteiger partial charge is 0.198 e.